The summed E-state index contributed by atoms with van der Waals surface area (Å²) in [5, 5.41) is 9.28. The van der Waals surface area contributed by atoms with Gasteiger partial charge in [0, 0.05) is 7.05 Å². The van der Waals surface area contributed by atoms with Crippen molar-refractivity contribution in [2.75, 3.05) is 7.05 Å². The van der Waals surface area contributed by atoms with E-state index in [0.717, 1.165) is 0 Å². The Morgan fingerprint density at radius 1 is 1.39 bits per heavy atom. The van der Waals surface area contributed by atoms with Crippen molar-refractivity contribution < 1.29 is 18.3 Å². The van der Waals surface area contributed by atoms with Crippen molar-refractivity contribution in [2.45, 2.75) is 31.4 Å². The Bertz CT molecular complexity index is 902. The van der Waals surface area contributed by atoms with E-state index in [0.29, 0.717) is 17.6 Å². The summed E-state index contributed by atoms with van der Waals surface area (Å²) in [4.78, 5) is 19.0. The van der Waals surface area contributed by atoms with E-state index in [1.54, 1.807) is 25.1 Å². The van der Waals surface area contributed by atoms with Crippen LogP contribution in [0.25, 0.3) is 0 Å². The van der Waals surface area contributed by atoms with Gasteiger partial charge in [-0.05, 0) is 36.6 Å². The Labute approximate surface area is 161 Å². The van der Waals surface area contributed by atoms with E-state index in [2.05, 4.69) is 15.8 Å². The number of amides is 1. The summed E-state index contributed by atoms with van der Waals surface area (Å²) in [7, 11) is 1.53. The lowest BCUT2D eigenvalue weighted by Crippen LogP contribution is -2.54. The number of aliphatic imine (C=N–C) groups is 1. The first-order valence-electron chi connectivity index (χ1n) is 8.72. The molecule has 1 aliphatic carbocycles. The molecule has 0 aromatic heterocycles. The number of rotatable bonds is 4. The van der Waals surface area contributed by atoms with Crippen LogP contribution in [0.2, 0.25) is 0 Å². The number of hydrogen-bond acceptors (Lipinski definition) is 5. The molecule has 3 rings (SSSR count). The molecule has 0 spiro atoms. The molecule has 0 radical (unpaired) electrons. The van der Waals surface area contributed by atoms with E-state index in [-0.39, 0.29) is 23.5 Å². The molecule has 1 aromatic rings. The second-order valence-electron chi connectivity index (χ2n) is 6.89. The van der Waals surface area contributed by atoms with Crippen LogP contribution in [0, 0.1) is 17.2 Å². The zero-order valence-corrected chi connectivity index (χ0v) is 15.5. The van der Waals surface area contributed by atoms with Gasteiger partial charge >= 0.3 is 6.61 Å². The van der Waals surface area contributed by atoms with Crippen molar-refractivity contribution in [3.05, 3.63) is 53.6 Å². The van der Waals surface area contributed by atoms with Gasteiger partial charge in [-0.2, -0.15) is 14.0 Å². The number of ether oxygens (including phenoxy) is 1. The van der Waals surface area contributed by atoms with Gasteiger partial charge in [-0.1, -0.05) is 30.4 Å². The third kappa shape index (κ3) is 3.48. The monoisotopic (exact) mass is 386 g/mol. The van der Waals surface area contributed by atoms with Crippen LogP contribution in [-0.2, 0) is 4.79 Å². The summed E-state index contributed by atoms with van der Waals surface area (Å²) in [5.41, 5.74) is 6.24. The number of likely N-dealkylation sites (N-methyl/N-ethyl adjacent to an activating group) is 1. The van der Waals surface area contributed by atoms with Gasteiger partial charge in [0.1, 0.15) is 11.3 Å². The summed E-state index contributed by atoms with van der Waals surface area (Å²) in [6.45, 7) is -1.14. The van der Waals surface area contributed by atoms with E-state index < -0.39 is 18.1 Å². The molecule has 2 aliphatic rings. The number of benzene rings is 1. The van der Waals surface area contributed by atoms with Gasteiger partial charge < -0.3 is 10.5 Å². The summed E-state index contributed by atoms with van der Waals surface area (Å²) in [6.07, 6.45) is 6.12. The van der Waals surface area contributed by atoms with Crippen LogP contribution in [0.4, 0.5) is 8.78 Å². The summed E-state index contributed by atoms with van der Waals surface area (Å²) >= 11 is 0. The van der Waals surface area contributed by atoms with Crippen LogP contribution in [0.3, 0.4) is 0 Å². The van der Waals surface area contributed by atoms with Crippen LogP contribution < -0.4 is 10.5 Å². The van der Waals surface area contributed by atoms with Crippen molar-refractivity contribution in [2.24, 2.45) is 16.6 Å². The number of hydrogen-bond donors (Lipinski definition) is 1. The Morgan fingerprint density at radius 3 is 2.68 bits per heavy atom. The second-order valence-corrected chi connectivity index (χ2v) is 6.89. The molecule has 0 saturated heterocycles. The molecule has 1 heterocycles. The van der Waals surface area contributed by atoms with E-state index in [1.165, 1.54) is 24.1 Å². The maximum atomic E-state index is 13.1. The summed E-state index contributed by atoms with van der Waals surface area (Å²) in [6, 6.07) is 8.12. The largest absolute Gasteiger partial charge is 0.435 e. The highest BCUT2D eigenvalue weighted by atomic mass is 19.3. The van der Waals surface area contributed by atoms with Crippen LogP contribution in [0.15, 0.2) is 53.1 Å². The molecule has 1 aromatic carbocycles. The minimum atomic E-state index is -2.93. The molecule has 1 unspecified atom stereocenters. The standard InChI is InChI=1S/C20H20F2N4O2/c1-20(14-5-3-4-12(10-14)11-23)16(17(27)26(2)19(24)25-20)13-6-8-15(9-7-13)28-18(21)22/h3,5-10,12,16,18H,4H2,1-2H3,(H2,24,25)/t12?,16-,20+/m0/s1. The highest BCUT2D eigenvalue weighted by Gasteiger charge is 2.48. The molecule has 2 N–H and O–H groups in total. The van der Waals surface area contributed by atoms with E-state index in [9.17, 15) is 18.8 Å². The number of guanidine groups is 1. The van der Waals surface area contributed by atoms with Gasteiger partial charge in [-0.15, -0.1) is 0 Å². The molecular weight excluding hydrogens is 366 g/mol. The number of carbonyl (C=O) groups is 1. The first-order chi connectivity index (χ1) is 13.3. The fourth-order valence-corrected chi connectivity index (χ4v) is 3.57. The highest BCUT2D eigenvalue weighted by molar-refractivity contribution is 6.03. The topological polar surface area (TPSA) is 91.7 Å². The fraction of sp³-hybridized carbons (Fsp3) is 0.350. The SMILES string of the molecule is CN1C(=O)[C@H](c2ccc(OC(F)F)cc2)[C@@](C)(C2=CC(C#N)CC=C2)N=C1N. The number of alkyl halides is 2. The molecule has 8 heteroatoms. The predicted molar refractivity (Wildman–Crippen MR) is 99.6 cm³/mol. The van der Waals surface area contributed by atoms with Gasteiger partial charge in [0.25, 0.3) is 0 Å². The Kier molecular flexibility index (Phi) is 5.18. The lowest BCUT2D eigenvalue weighted by molar-refractivity contribution is -0.130. The average Bonchev–Trinajstić information content (AvgIpc) is 2.67. The van der Waals surface area contributed by atoms with Gasteiger partial charge in [0.2, 0.25) is 5.91 Å². The minimum absolute atomic E-state index is 0.00130. The first kappa shape index (κ1) is 19.5. The molecule has 0 saturated carbocycles. The van der Waals surface area contributed by atoms with Crippen LogP contribution in [-0.4, -0.2) is 36.0 Å². The van der Waals surface area contributed by atoms with Crippen LogP contribution in [0.1, 0.15) is 24.8 Å². The van der Waals surface area contributed by atoms with Gasteiger partial charge in [-0.25, -0.2) is 4.99 Å². The third-order valence-electron chi connectivity index (χ3n) is 5.09. The van der Waals surface area contributed by atoms with E-state index >= 15 is 0 Å². The lowest BCUT2D eigenvalue weighted by atomic mass is 9.72. The van der Waals surface area contributed by atoms with Gasteiger partial charge in [-0.3, -0.25) is 9.69 Å². The molecule has 1 aliphatic heterocycles. The van der Waals surface area contributed by atoms with Crippen LogP contribution >= 0.6 is 0 Å². The molecule has 0 bridgehead atoms. The normalized spacial score (nSPS) is 27.3. The summed E-state index contributed by atoms with van der Waals surface area (Å²) in [5.74, 6) is -1.24. The van der Waals surface area contributed by atoms with Gasteiger partial charge in [0.05, 0.1) is 17.9 Å². The molecule has 1 amide bonds. The Balaban J connectivity index is 2.08. The number of nitrogens with zero attached hydrogens (tertiary/aromatic N) is 3. The molecule has 146 valence electrons. The first-order valence-corrected chi connectivity index (χ1v) is 8.72. The van der Waals surface area contributed by atoms with Crippen molar-refractivity contribution in [3.8, 4) is 11.8 Å². The maximum Gasteiger partial charge on any atom is 0.387 e. The van der Waals surface area contributed by atoms with Crippen molar-refractivity contribution in [1.82, 2.24) is 4.90 Å². The van der Waals surface area contributed by atoms with Crippen LogP contribution in [0.5, 0.6) is 5.75 Å². The molecule has 28 heavy (non-hydrogen) atoms. The fourth-order valence-electron chi connectivity index (χ4n) is 3.57. The average molecular weight is 386 g/mol. The zero-order valence-electron chi connectivity index (χ0n) is 15.5. The quantitative estimate of drug-likeness (QED) is 0.861. The number of carbonyl (C=O) groups excluding carboxylic acids is 1. The molecule has 0 fully saturated rings. The van der Waals surface area contributed by atoms with Gasteiger partial charge in [0.15, 0.2) is 5.96 Å². The van der Waals surface area contributed by atoms with Crippen molar-refractivity contribution in [3.63, 3.8) is 0 Å². The zero-order chi connectivity index (χ0) is 20.5. The van der Waals surface area contributed by atoms with E-state index in [4.69, 9.17) is 5.73 Å². The lowest BCUT2D eigenvalue weighted by Gasteiger charge is -2.42. The molecule has 6 nitrogen and oxygen atoms in total. The number of nitriles is 1. The smallest absolute Gasteiger partial charge is 0.387 e. The van der Waals surface area contributed by atoms with Crippen molar-refractivity contribution in [1.29, 1.82) is 5.26 Å². The number of halogens is 2. The second kappa shape index (κ2) is 7.43. The number of nitrogens with two attached hydrogens (primary N) is 1. The van der Waals surface area contributed by atoms with Crippen molar-refractivity contribution >= 4 is 11.9 Å². The minimum Gasteiger partial charge on any atom is -0.435 e. The molecular formula is C20H20F2N4O2. The number of allylic oxidation sites excluding steroid dienone is 2. The highest BCUT2D eigenvalue weighted by Crippen LogP contribution is 2.43. The third-order valence-corrected chi connectivity index (χ3v) is 5.09. The summed E-state index contributed by atoms with van der Waals surface area (Å²) < 4.78 is 29.2. The Hall–Kier alpha value is -3.21. The van der Waals surface area contributed by atoms with E-state index in [1.807, 2.05) is 12.2 Å². The maximum absolute atomic E-state index is 13.1. The Morgan fingerprint density at radius 2 is 2.07 bits per heavy atom. The molecule has 3 atom stereocenters. The predicted octanol–water partition coefficient (Wildman–Crippen LogP) is 2.94.